The van der Waals surface area contributed by atoms with Crippen LogP contribution in [-0.4, -0.2) is 42.2 Å². The van der Waals surface area contributed by atoms with E-state index in [2.05, 4.69) is 60.8 Å². The molecule has 1 aliphatic heterocycles. The van der Waals surface area contributed by atoms with E-state index >= 15 is 0 Å². The van der Waals surface area contributed by atoms with E-state index in [0.717, 1.165) is 19.5 Å². The summed E-state index contributed by atoms with van der Waals surface area (Å²) in [6.45, 7) is 14.8. The molecule has 0 aliphatic carbocycles. The van der Waals surface area contributed by atoms with Gasteiger partial charge in [0.1, 0.15) is 0 Å². The maximum atomic E-state index is 3.43. The predicted octanol–water partition coefficient (Wildman–Crippen LogP) is 3.29. The lowest BCUT2D eigenvalue weighted by molar-refractivity contribution is 0.244. The van der Waals surface area contributed by atoms with E-state index in [1.165, 1.54) is 47.2 Å². The minimum absolute atomic E-state index is 0.511. The molecular weight excluding hydrogens is 270 g/mol. The molecule has 0 saturated carbocycles. The average molecular weight is 299 g/mol. The first-order valence-electron chi connectivity index (χ1n) is 8.60. The molecule has 2 heterocycles. The molecule has 22 heavy (non-hydrogen) atoms. The second-order valence-corrected chi connectivity index (χ2v) is 6.97. The fourth-order valence-electron chi connectivity index (χ4n) is 3.67. The zero-order chi connectivity index (χ0) is 15.7. The Morgan fingerprint density at radius 1 is 1.14 bits per heavy atom. The van der Waals surface area contributed by atoms with Gasteiger partial charge in [-0.25, -0.2) is 0 Å². The van der Waals surface area contributed by atoms with Crippen molar-refractivity contribution in [2.24, 2.45) is 0 Å². The molecule has 1 saturated heterocycles. The Morgan fingerprint density at radius 2 is 1.86 bits per heavy atom. The van der Waals surface area contributed by atoms with E-state index in [4.69, 9.17) is 0 Å². The van der Waals surface area contributed by atoms with Gasteiger partial charge < -0.3 is 14.8 Å². The van der Waals surface area contributed by atoms with Gasteiger partial charge in [-0.05, 0) is 51.3 Å². The van der Waals surface area contributed by atoms with Crippen LogP contribution in [0.2, 0.25) is 0 Å². The van der Waals surface area contributed by atoms with Crippen LogP contribution in [0.5, 0.6) is 0 Å². The van der Waals surface area contributed by atoms with Crippen molar-refractivity contribution in [3.05, 3.63) is 35.0 Å². The maximum absolute atomic E-state index is 3.43. The topological polar surface area (TPSA) is 20.2 Å². The Morgan fingerprint density at radius 3 is 2.55 bits per heavy atom. The van der Waals surface area contributed by atoms with Crippen molar-refractivity contribution in [2.75, 3.05) is 32.7 Å². The summed E-state index contributed by atoms with van der Waals surface area (Å²) in [6, 6.07) is 5.19. The number of aromatic nitrogens is 1. The summed E-state index contributed by atoms with van der Waals surface area (Å²) >= 11 is 0. The molecule has 1 N–H and O–H groups in total. The number of hydrogen-bond donors (Lipinski definition) is 1. The lowest BCUT2D eigenvalue weighted by Gasteiger charge is -2.26. The van der Waals surface area contributed by atoms with Crippen LogP contribution < -0.4 is 5.32 Å². The van der Waals surface area contributed by atoms with Crippen molar-refractivity contribution in [3.63, 3.8) is 0 Å². The molecule has 0 amide bonds. The summed E-state index contributed by atoms with van der Waals surface area (Å²) in [7, 11) is 0. The van der Waals surface area contributed by atoms with Gasteiger partial charge in [-0.15, -0.1) is 0 Å². The van der Waals surface area contributed by atoms with E-state index in [1.54, 1.807) is 0 Å². The maximum Gasteiger partial charge on any atom is 0.0515 e. The van der Waals surface area contributed by atoms with E-state index < -0.39 is 0 Å². The molecule has 0 atom stereocenters. The Bertz CT molecular complexity index is 648. The zero-order valence-electron chi connectivity index (χ0n) is 14.4. The van der Waals surface area contributed by atoms with Gasteiger partial charge in [0.2, 0.25) is 0 Å². The highest BCUT2D eigenvalue weighted by Crippen LogP contribution is 2.29. The monoisotopic (exact) mass is 299 g/mol. The van der Waals surface area contributed by atoms with Crippen LogP contribution in [0.3, 0.4) is 0 Å². The molecule has 1 aliphatic rings. The lowest BCUT2D eigenvalue weighted by atomic mass is 10.0. The smallest absolute Gasteiger partial charge is 0.0515 e. The summed E-state index contributed by atoms with van der Waals surface area (Å²) < 4.78 is 2.46. The largest absolute Gasteiger partial charge is 0.344 e. The predicted molar refractivity (Wildman–Crippen MR) is 94.8 cm³/mol. The number of piperazine rings is 1. The van der Waals surface area contributed by atoms with Crippen LogP contribution in [0, 0.1) is 13.8 Å². The van der Waals surface area contributed by atoms with Crippen molar-refractivity contribution < 1.29 is 0 Å². The van der Waals surface area contributed by atoms with Crippen LogP contribution in [-0.2, 0) is 6.42 Å². The van der Waals surface area contributed by atoms with Gasteiger partial charge >= 0.3 is 0 Å². The molecular formula is C19H29N3. The van der Waals surface area contributed by atoms with Crippen LogP contribution >= 0.6 is 0 Å². The lowest BCUT2D eigenvalue weighted by Crippen LogP contribution is -2.44. The third-order valence-electron chi connectivity index (χ3n) is 4.81. The highest BCUT2D eigenvalue weighted by molar-refractivity contribution is 5.87. The molecule has 3 rings (SSSR count). The minimum Gasteiger partial charge on any atom is -0.344 e. The van der Waals surface area contributed by atoms with Gasteiger partial charge in [0.15, 0.2) is 0 Å². The van der Waals surface area contributed by atoms with Gasteiger partial charge in [0.05, 0.1) is 5.52 Å². The van der Waals surface area contributed by atoms with Crippen LogP contribution in [0.15, 0.2) is 18.3 Å². The van der Waals surface area contributed by atoms with E-state index in [1.807, 2.05) is 0 Å². The minimum atomic E-state index is 0.511. The first-order chi connectivity index (χ1) is 10.6. The first-order valence-corrected chi connectivity index (χ1v) is 8.60. The van der Waals surface area contributed by atoms with Gasteiger partial charge in [0.25, 0.3) is 0 Å². The molecule has 3 nitrogen and oxygen atoms in total. The van der Waals surface area contributed by atoms with Gasteiger partial charge in [0, 0.05) is 50.3 Å². The normalized spacial score (nSPS) is 16.8. The number of nitrogens with zero attached hydrogens (tertiary/aromatic N) is 2. The number of rotatable bonds is 4. The molecule has 0 bridgehead atoms. The Balaban J connectivity index is 1.91. The highest BCUT2D eigenvalue weighted by atomic mass is 15.2. The summed E-state index contributed by atoms with van der Waals surface area (Å²) in [5, 5.41) is 4.89. The third-order valence-corrected chi connectivity index (χ3v) is 4.81. The average Bonchev–Trinajstić information content (AvgIpc) is 2.85. The van der Waals surface area contributed by atoms with Crippen molar-refractivity contribution in [2.45, 2.75) is 40.2 Å². The van der Waals surface area contributed by atoms with Crippen LogP contribution in [0.1, 0.15) is 36.6 Å². The molecule has 1 aromatic carbocycles. The molecule has 1 fully saturated rings. The Kier molecular flexibility index (Phi) is 4.55. The molecule has 120 valence electrons. The molecule has 1 aromatic heterocycles. The summed E-state index contributed by atoms with van der Waals surface area (Å²) in [6.07, 6.45) is 3.54. The molecule has 3 heteroatoms. The van der Waals surface area contributed by atoms with Crippen molar-refractivity contribution in [1.29, 1.82) is 0 Å². The second-order valence-electron chi connectivity index (χ2n) is 6.97. The number of fused-ring (bicyclic) bond motifs is 1. The Labute approximate surface area is 134 Å². The third kappa shape index (κ3) is 3.06. The van der Waals surface area contributed by atoms with Crippen molar-refractivity contribution >= 4 is 10.9 Å². The second kappa shape index (κ2) is 6.43. The van der Waals surface area contributed by atoms with Gasteiger partial charge in [-0.3, -0.25) is 0 Å². The quantitative estimate of drug-likeness (QED) is 0.935. The fraction of sp³-hybridized carbons (Fsp3) is 0.579. The van der Waals surface area contributed by atoms with Crippen molar-refractivity contribution in [3.8, 4) is 0 Å². The Hall–Kier alpha value is -1.32. The van der Waals surface area contributed by atoms with Gasteiger partial charge in [-0.2, -0.15) is 0 Å². The van der Waals surface area contributed by atoms with Crippen LogP contribution in [0.25, 0.3) is 10.9 Å². The zero-order valence-corrected chi connectivity index (χ0v) is 14.4. The van der Waals surface area contributed by atoms with Crippen molar-refractivity contribution in [1.82, 2.24) is 14.8 Å². The summed E-state index contributed by atoms with van der Waals surface area (Å²) in [5.74, 6) is 0. The number of hydrogen-bond acceptors (Lipinski definition) is 2. The molecule has 0 spiro atoms. The number of nitrogens with one attached hydrogen (secondary N) is 1. The first kappa shape index (κ1) is 15.6. The SMILES string of the molecule is Cc1cc(C)c2c(c1)c(CCN1CCNCC1)cn2C(C)C. The highest BCUT2D eigenvalue weighted by Gasteiger charge is 2.15. The van der Waals surface area contributed by atoms with E-state index in [0.29, 0.717) is 6.04 Å². The molecule has 2 aromatic rings. The molecule has 0 unspecified atom stereocenters. The number of aryl methyl sites for hydroxylation is 2. The number of benzene rings is 1. The van der Waals surface area contributed by atoms with E-state index in [9.17, 15) is 0 Å². The molecule has 0 radical (unpaired) electrons. The summed E-state index contributed by atoms with van der Waals surface area (Å²) in [4.78, 5) is 2.58. The van der Waals surface area contributed by atoms with E-state index in [-0.39, 0.29) is 0 Å². The fourth-order valence-corrected chi connectivity index (χ4v) is 3.67. The standard InChI is InChI=1S/C19H29N3/c1-14(2)22-13-17(5-8-21-9-6-20-7-10-21)18-12-15(3)11-16(4)19(18)22/h11-14,20H,5-10H2,1-4H3. The van der Waals surface area contributed by atoms with Gasteiger partial charge in [-0.1, -0.05) is 11.6 Å². The van der Waals surface area contributed by atoms with Crippen LogP contribution in [0.4, 0.5) is 0 Å². The summed E-state index contributed by atoms with van der Waals surface area (Å²) in [5.41, 5.74) is 5.71.